The van der Waals surface area contributed by atoms with Gasteiger partial charge < -0.3 is 16.2 Å². The number of nitrogens with one attached hydrogen (secondary N) is 1. The van der Waals surface area contributed by atoms with Crippen molar-refractivity contribution in [3.8, 4) is 0 Å². The van der Waals surface area contributed by atoms with Crippen LogP contribution in [0.3, 0.4) is 0 Å². The molecule has 0 aliphatic rings. The highest BCUT2D eigenvalue weighted by atomic mass is 19.1. The number of carboxylic acids is 1. The Balaban J connectivity index is 2.33. The summed E-state index contributed by atoms with van der Waals surface area (Å²) in [6.45, 7) is 1.54. The highest BCUT2D eigenvalue weighted by Crippen LogP contribution is 2.20. The molecule has 0 aliphatic carbocycles. The van der Waals surface area contributed by atoms with Gasteiger partial charge in [-0.3, -0.25) is 4.79 Å². The van der Waals surface area contributed by atoms with E-state index in [9.17, 15) is 14.0 Å². The van der Waals surface area contributed by atoms with Crippen molar-refractivity contribution in [1.29, 1.82) is 0 Å². The first-order chi connectivity index (χ1) is 9.88. The molecule has 2 rings (SSSR count). The Morgan fingerprint density at radius 2 is 1.90 bits per heavy atom. The Morgan fingerprint density at radius 3 is 2.52 bits per heavy atom. The van der Waals surface area contributed by atoms with E-state index in [0.29, 0.717) is 11.3 Å². The molecular weight excluding hydrogens is 275 g/mol. The predicted molar refractivity (Wildman–Crippen MR) is 76.9 cm³/mol. The van der Waals surface area contributed by atoms with E-state index in [1.165, 1.54) is 43.3 Å². The van der Waals surface area contributed by atoms with Gasteiger partial charge in [0.15, 0.2) is 0 Å². The number of carboxylic acid groups (broad SMARTS) is 1. The van der Waals surface area contributed by atoms with Crippen LogP contribution in [0, 0.1) is 12.7 Å². The van der Waals surface area contributed by atoms with Crippen LogP contribution < -0.4 is 11.1 Å². The normalized spacial score (nSPS) is 10.2. The second kappa shape index (κ2) is 5.62. The first-order valence-electron chi connectivity index (χ1n) is 6.09. The van der Waals surface area contributed by atoms with Crippen molar-refractivity contribution < 1.29 is 19.1 Å². The maximum absolute atomic E-state index is 13.2. The van der Waals surface area contributed by atoms with Crippen molar-refractivity contribution in [3.63, 3.8) is 0 Å². The molecule has 6 heteroatoms. The van der Waals surface area contributed by atoms with Crippen molar-refractivity contribution in [2.75, 3.05) is 11.1 Å². The van der Waals surface area contributed by atoms with Crippen molar-refractivity contribution in [2.24, 2.45) is 0 Å². The van der Waals surface area contributed by atoms with E-state index in [-0.39, 0.29) is 16.8 Å². The number of aryl methyl sites for hydroxylation is 1. The summed E-state index contributed by atoms with van der Waals surface area (Å²) in [6, 6.07) is 7.99. The van der Waals surface area contributed by atoms with Crippen molar-refractivity contribution in [2.45, 2.75) is 6.92 Å². The molecule has 2 aromatic rings. The number of hydrogen-bond acceptors (Lipinski definition) is 3. The Kier molecular flexibility index (Phi) is 3.89. The first kappa shape index (κ1) is 14.5. The Bertz CT molecular complexity index is 729. The van der Waals surface area contributed by atoms with Gasteiger partial charge >= 0.3 is 5.97 Å². The summed E-state index contributed by atoms with van der Waals surface area (Å²) in [7, 11) is 0. The lowest BCUT2D eigenvalue weighted by Crippen LogP contribution is -2.15. The molecule has 2 aromatic carbocycles. The molecule has 0 aliphatic heterocycles. The minimum absolute atomic E-state index is 0.0728. The molecule has 108 valence electrons. The smallest absolute Gasteiger partial charge is 0.337 e. The molecule has 5 nitrogen and oxygen atoms in total. The summed E-state index contributed by atoms with van der Waals surface area (Å²) in [4.78, 5) is 23.2. The van der Waals surface area contributed by atoms with Gasteiger partial charge in [0, 0.05) is 11.3 Å². The van der Waals surface area contributed by atoms with Crippen LogP contribution in [0.2, 0.25) is 0 Å². The van der Waals surface area contributed by atoms with Gasteiger partial charge in [-0.2, -0.15) is 0 Å². The SMILES string of the molecule is Cc1cc(C(=O)Nc2cc(N)ccc2C(=O)O)ccc1F. The quantitative estimate of drug-likeness (QED) is 0.757. The van der Waals surface area contributed by atoms with Crippen molar-refractivity contribution in [3.05, 3.63) is 58.9 Å². The summed E-state index contributed by atoms with van der Waals surface area (Å²) in [6.07, 6.45) is 0. The molecule has 0 saturated carbocycles. The van der Waals surface area contributed by atoms with E-state index < -0.39 is 17.7 Å². The molecule has 0 unspecified atom stereocenters. The minimum atomic E-state index is -1.18. The van der Waals surface area contributed by atoms with E-state index in [0.717, 1.165) is 0 Å². The van der Waals surface area contributed by atoms with Crippen LogP contribution in [-0.4, -0.2) is 17.0 Å². The van der Waals surface area contributed by atoms with Gasteiger partial charge in [0.05, 0.1) is 11.3 Å². The maximum atomic E-state index is 13.2. The molecule has 4 N–H and O–H groups in total. The predicted octanol–water partition coefficient (Wildman–Crippen LogP) is 2.67. The van der Waals surface area contributed by atoms with Gasteiger partial charge in [0.25, 0.3) is 5.91 Å². The Hall–Kier alpha value is -2.89. The fourth-order valence-corrected chi connectivity index (χ4v) is 1.83. The molecule has 0 atom stereocenters. The maximum Gasteiger partial charge on any atom is 0.337 e. The first-order valence-corrected chi connectivity index (χ1v) is 6.09. The molecule has 0 spiro atoms. The number of anilines is 2. The third-order valence-electron chi connectivity index (χ3n) is 2.94. The summed E-state index contributed by atoms with van der Waals surface area (Å²) < 4.78 is 13.2. The number of aromatic carboxylic acids is 1. The van der Waals surface area contributed by atoms with E-state index in [1.54, 1.807) is 0 Å². The van der Waals surface area contributed by atoms with Gasteiger partial charge in [0.1, 0.15) is 5.82 Å². The lowest BCUT2D eigenvalue weighted by molar-refractivity contribution is 0.0698. The third kappa shape index (κ3) is 3.17. The second-order valence-electron chi connectivity index (χ2n) is 4.53. The summed E-state index contributed by atoms with van der Waals surface area (Å²) >= 11 is 0. The van der Waals surface area contributed by atoms with Gasteiger partial charge in [-0.25, -0.2) is 9.18 Å². The molecule has 21 heavy (non-hydrogen) atoms. The molecule has 0 aromatic heterocycles. The zero-order valence-electron chi connectivity index (χ0n) is 11.2. The summed E-state index contributed by atoms with van der Waals surface area (Å²) in [5, 5.41) is 11.6. The number of nitrogens with two attached hydrogens (primary N) is 1. The number of carbonyl (C=O) groups is 2. The highest BCUT2D eigenvalue weighted by Gasteiger charge is 2.14. The van der Waals surface area contributed by atoms with Gasteiger partial charge in [0.2, 0.25) is 0 Å². The monoisotopic (exact) mass is 288 g/mol. The van der Waals surface area contributed by atoms with Crippen LogP contribution in [0.15, 0.2) is 36.4 Å². The van der Waals surface area contributed by atoms with Crippen LogP contribution in [0.25, 0.3) is 0 Å². The standard InChI is InChI=1S/C15H13FN2O3/c1-8-6-9(2-5-12(8)16)14(19)18-13-7-10(17)3-4-11(13)15(20)21/h2-7H,17H2,1H3,(H,18,19)(H,20,21). The third-order valence-corrected chi connectivity index (χ3v) is 2.94. The number of benzene rings is 2. The van der Waals surface area contributed by atoms with Crippen LogP contribution in [0.4, 0.5) is 15.8 Å². The number of nitrogen functional groups attached to an aromatic ring is 1. The summed E-state index contributed by atoms with van der Waals surface area (Å²) in [5.41, 5.74) is 6.49. The van der Waals surface area contributed by atoms with Gasteiger partial charge in [-0.1, -0.05) is 0 Å². The lowest BCUT2D eigenvalue weighted by Gasteiger charge is -2.10. The Morgan fingerprint density at radius 1 is 1.19 bits per heavy atom. The zero-order chi connectivity index (χ0) is 15.6. The van der Waals surface area contributed by atoms with Gasteiger partial charge in [-0.15, -0.1) is 0 Å². The van der Waals surface area contributed by atoms with Crippen LogP contribution in [0.1, 0.15) is 26.3 Å². The lowest BCUT2D eigenvalue weighted by atomic mass is 10.1. The average Bonchev–Trinajstić information content (AvgIpc) is 2.41. The second-order valence-corrected chi connectivity index (χ2v) is 4.53. The van der Waals surface area contributed by atoms with Crippen molar-refractivity contribution in [1.82, 2.24) is 0 Å². The van der Waals surface area contributed by atoms with E-state index in [4.69, 9.17) is 10.8 Å². The van der Waals surface area contributed by atoms with Crippen LogP contribution >= 0.6 is 0 Å². The molecule has 0 bridgehead atoms. The fourth-order valence-electron chi connectivity index (χ4n) is 1.83. The number of hydrogen-bond donors (Lipinski definition) is 3. The molecular formula is C15H13FN2O3. The number of amides is 1. The summed E-state index contributed by atoms with van der Waals surface area (Å²) in [5.74, 6) is -2.13. The fraction of sp³-hybridized carbons (Fsp3) is 0.0667. The minimum Gasteiger partial charge on any atom is -0.478 e. The van der Waals surface area contributed by atoms with E-state index >= 15 is 0 Å². The molecule has 0 fully saturated rings. The van der Waals surface area contributed by atoms with Crippen molar-refractivity contribution >= 4 is 23.3 Å². The number of carbonyl (C=O) groups excluding carboxylic acids is 1. The van der Waals surface area contributed by atoms with E-state index in [1.807, 2.05) is 0 Å². The largest absolute Gasteiger partial charge is 0.478 e. The molecule has 0 saturated heterocycles. The molecule has 1 amide bonds. The number of halogens is 1. The average molecular weight is 288 g/mol. The highest BCUT2D eigenvalue weighted by molar-refractivity contribution is 6.08. The van der Waals surface area contributed by atoms with Crippen LogP contribution in [-0.2, 0) is 0 Å². The van der Waals surface area contributed by atoms with Gasteiger partial charge in [-0.05, 0) is 48.9 Å². The number of rotatable bonds is 3. The molecule has 0 radical (unpaired) electrons. The Labute approximate surface area is 120 Å². The van der Waals surface area contributed by atoms with E-state index in [2.05, 4.69) is 5.32 Å². The topological polar surface area (TPSA) is 92.4 Å². The zero-order valence-corrected chi connectivity index (χ0v) is 11.2. The molecule has 0 heterocycles. The van der Waals surface area contributed by atoms with Crippen LogP contribution in [0.5, 0.6) is 0 Å².